The zero-order chi connectivity index (χ0) is 15.1. The zero-order valence-corrected chi connectivity index (χ0v) is 12.1. The monoisotopic (exact) mass is 286 g/mol. The lowest BCUT2D eigenvalue weighted by atomic mass is 9.99. The molecule has 2 rings (SSSR count). The molecule has 0 N–H and O–H groups in total. The molecule has 0 aromatic heterocycles. The van der Waals surface area contributed by atoms with E-state index in [2.05, 4.69) is 16.6 Å². The topological polar surface area (TPSA) is 34.0 Å². The Balaban J connectivity index is 1.97. The molecule has 21 heavy (non-hydrogen) atoms. The lowest BCUT2D eigenvalue weighted by Crippen LogP contribution is -2.15. The second-order valence-corrected chi connectivity index (χ2v) is 4.88. The minimum atomic E-state index is -0.510. The van der Waals surface area contributed by atoms with Crippen molar-refractivity contribution in [1.82, 2.24) is 0 Å². The van der Waals surface area contributed by atoms with Crippen LogP contribution < -0.4 is 0 Å². The van der Waals surface area contributed by atoms with Crippen LogP contribution in [-0.4, -0.2) is 32.4 Å². The van der Waals surface area contributed by atoms with Gasteiger partial charge in [0.05, 0.1) is 0 Å². The first kappa shape index (κ1) is 15.2. The van der Waals surface area contributed by atoms with E-state index in [1.54, 1.807) is 13.3 Å². The summed E-state index contributed by atoms with van der Waals surface area (Å²) in [5.74, 6) is 0. The van der Waals surface area contributed by atoms with E-state index in [9.17, 15) is 4.39 Å². The van der Waals surface area contributed by atoms with Crippen molar-refractivity contribution >= 4 is 12.6 Å². The van der Waals surface area contributed by atoms with E-state index in [0.717, 1.165) is 23.1 Å². The summed E-state index contributed by atoms with van der Waals surface area (Å²) in [5.41, 5.74) is 3.10. The second-order valence-electron chi connectivity index (χ2n) is 4.88. The van der Waals surface area contributed by atoms with Gasteiger partial charge in [0.1, 0.15) is 18.8 Å². The standard InChI is InChI=1S/C17H19FN2O/c1-13(4-3-9-19-2)10-14-5-7-15(8-6-14)17-16(11-18)20-12-21-17/h3-9,12,16-17H,1,10-11H2,2H3/b4-3-,19-9?. The van der Waals surface area contributed by atoms with Crippen molar-refractivity contribution in [3.8, 4) is 0 Å². The molecule has 4 heteroatoms. The fourth-order valence-electron chi connectivity index (χ4n) is 2.18. The summed E-state index contributed by atoms with van der Waals surface area (Å²) in [6, 6.07) is 7.52. The van der Waals surface area contributed by atoms with E-state index < -0.39 is 12.7 Å². The number of rotatable bonds is 6. The van der Waals surface area contributed by atoms with Crippen LogP contribution in [0.2, 0.25) is 0 Å². The van der Waals surface area contributed by atoms with E-state index in [1.807, 2.05) is 36.4 Å². The second kappa shape index (κ2) is 7.53. The molecule has 2 atom stereocenters. The van der Waals surface area contributed by atoms with E-state index in [-0.39, 0.29) is 6.10 Å². The highest BCUT2D eigenvalue weighted by molar-refractivity contribution is 5.71. The molecule has 1 aromatic rings. The molecule has 1 heterocycles. The van der Waals surface area contributed by atoms with Crippen molar-refractivity contribution in [2.45, 2.75) is 18.6 Å². The summed E-state index contributed by atoms with van der Waals surface area (Å²) in [6.07, 6.45) is 7.32. The number of allylic oxidation sites excluding steroid dienone is 3. The SMILES string of the molecule is C=C(/C=C\C=NC)Cc1ccc(C2OC=NC2CF)cc1. The van der Waals surface area contributed by atoms with Crippen molar-refractivity contribution in [3.05, 3.63) is 59.7 Å². The van der Waals surface area contributed by atoms with Gasteiger partial charge >= 0.3 is 0 Å². The molecule has 2 unspecified atom stereocenters. The molecule has 0 saturated carbocycles. The molecule has 110 valence electrons. The Morgan fingerprint density at radius 1 is 1.43 bits per heavy atom. The molecule has 1 aliphatic rings. The van der Waals surface area contributed by atoms with Gasteiger partial charge in [-0.15, -0.1) is 0 Å². The Morgan fingerprint density at radius 2 is 2.19 bits per heavy atom. The van der Waals surface area contributed by atoms with Crippen LogP contribution in [0.3, 0.4) is 0 Å². The third-order valence-corrected chi connectivity index (χ3v) is 3.27. The molecule has 0 aliphatic carbocycles. The van der Waals surface area contributed by atoms with Crippen molar-refractivity contribution in [3.63, 3.8) is 0 Å². The maximum atomic E-state index is 12.8. The Bertz CT molecular complexity index is 561. The molecule has 1 aromatic carbocycles. The smallest absolute Gasteiger partial charge is 0.170 e. The first-order valence-electron chi connectivity index (χ1n) is 6.83. The van der Waals surface area contributed by atoms with Gasteiger partial charge in [-0.3, -0.25) is 4.99 Å². The zero-order valence-electron chi connectivity index (χ0n) is 12.1. The number of hydrogen-bond donors (Lipinski definition) is 0. The van der Waals surface area contributed by atoms with Crippen molar-refractivity contribution in [2.75, 3.05) is 13.7 Å². The third-order valence-electron chi connectivity index (χ3n) is 3.27. The van der Waals surface area contributed by atoms with Crippen LogP contribution in [-0.2, 0) is 11.2 Å². The predicted molar refractivity (Wildman–Crippen MR) is 84.9 cm³/mol. The highest BCUT2D eigenvalue weighted by atomic mass is 19.1. The fraction of sp³-hybridized carbons (Fsp3) is 0.294. The van der Waals surface area contributed by atoms with Crippen LogP contribution in [0.25, 0.3) is 0 Å². The van der Waals surface area contributed by atoms with E-state index >= 15 is 0 Å². The van der Waals surface area contributed by atoms with Gasteiger partial charge in [0.25, 0.3) is 0 Å². The van der Waals surface area contributed by atoms with Crippen LogP contribution in [0, 0.1) is 0 Å². The van der Waals surface area contributed by atoms with Gasteiger partial charge in [-0.2, -0.15) is 0 Å². The average molecular weight is 286 g/mol. The summed E-state index contributed by atoms with van der Waals surface area (Å²) in [5, 5.41) is 0. The molecular weight excluding hydrogens is 267 g/mol. The third kappa shape index (κ3) is 4.12. The number of benzene rings is 1. The van der Waals surface area contributed by atoms with Crippen LogP contribution in [0.4, 0.5) is 4.39 Å². The van der Waals surface area contributed by atoms with Crippen molar-refractivity contribution in [2.24, 2.45) is 9.98 Å². The van der Waals surface area contributed by atoms with E-state index in [1.165, 1.54) is 6.40 Å². The molecule has 0 amide bonds. The summed E-state index contributed by atoms with van der Waals surface area (Å²) in [7, 11) is 1.73. The lowest BCUT2D eigenvalue weighted by molar-refractivity contribution is 0.187. The maximum Gasteiger partial charge on any atom is 0.170 e. The fourth-order valence-corrected chi connectivity index (χ4v) is 2.18. The Hall–Kier alpha value is -2.23. The molecular formula is C17H19FN2O. The highest BCUT2D eigenvalue weighted by Crippen LogP contribution is 2.27. The minimum Gasteiger partial charge on any atom is -0.473 e. The number of nitrogens with zero attached hydrogens (tertiary/aromatic N) is 2. The molecule has 3 nitrogen and oxygen atoms in total. The van der Waals surface area contributed by atoms with Crippen LogP contribution in [0.1, 0.15) is 17.2 Å². The first-order valence-corrected chi connectivity index (χ1v) is 6.83. The predicted octanol–water partition coefficient (Wildman–Crippen LogP) is 3.48. The summed E-state index contributed by atoms with van der Waals surface area (Å²) < 4.78 is 18.2. The molecule has 0 spiro atoms. The summed E-state index contributed by atoms with van der Waals surface area (Å²) in [4.78, 5) is 7.84. The minimum absolute atomic E-state index is 0.312. The number of halogens is 1. The Labute approximate surface area is 124 Å². The average Bonchev–Trinajstić information content (AvgIpc) is 2.97. The quantitative estimate of drug-likeness (QED) is 0.582. The molecule has 0 saturated heterocycles. The van der Waals surface area contributed by atoms with Gasteiger partial charge in [0.2, 0.25) is 0 Å². The van der Waals surface area contributed by atoms with Gasteiger partial charge in [-0.05, 0) is 23.6 Å². The number of aliphatic imine (C=N–C) groups is 2. The van der Waals surface area contributed by atoms with Crippen LogP contribution in [0.15, 0.2) is 58.6 Å². The summed E-state index contributed by atoms with van der Waals surface area (Å²) >= 11 is 0. The number of hydrogen-bond acceptors (Lipinski definition) is 3. The van der Waals surface area contributed by atoms with Gasteiger partial charge in [-0.1, -0.05) is 42.5 Å². The van der Waals surface area contributed by atoms with E-state index in [4.69, 9.17) is 4.74 Å². The normalized spacial score (nSPS) is 21.2. The lowest BCUT2D eigenvalue weighted by Gasteiger charge is -2.15. The Morgan fingerprint density at radius 3 is 2.86 bits per heavy atom. The molecule has 1 aliphatic heterocycles. The van der Waals surface area contributed by atoms with Gasteiger partial charge in [0, 0.05) is 13.3 Å². The van der Waals surface area contributed by atoms with Crippen LogP contribution in [0.5, 0.6) is 0 Å². The van der Waals surface area contributed by atoms with Gasteiger partial charge in [0.15, 0.2) is 6.40 Å². The first-order chi connectivity index (χ1) is 10.2. The largest absolute Gasteiger partial charge is 0.473 e. The summed E-state index contributed by atoms with van der Waals surface area (Å²) in [6.45, 7) is 3.49. The van der Waals surface area contributed by atoms with Gasteiger partial charge in [-0.25, -0.2) is 9.38 Å². The number of alkyl halides is 1. The number of ether oxygens (including phenoxy) is 1. The maximum absolute atomic E-state index is 12.8. The molecule has 0 bridgehead atoms. The van der Waals surface area contributed by atoms with Crippen LogP contribution >= 0.6 is 0 Å². The Kier molecular flexibility index (Phi) is 5.43. The van der Waals surface area contributed by atoms with Crippen molar-refractivity contribution in [1.29, 1.82) is 0 Å². The van der Waals surface area contributed by atoms with Crippen molar-refractivity contribution < 1.29 is 9.13 Å². The highest BCUT2D eigenvalue weighted by Gasteiger charge is 2.27. The molecule has 0 radical (unpaired) electrons. The molecule has 0 fully saturated rings. The van der Waals surface area contributed by atoms with Gasteiger partial charge < -0.3 is 4.74 Å². The van der Waals surface area contributed by atoms with E-state index in [0.29, 0.717) is 0 Å².